The molecule has 0 radical (unpaired) electrons. The molecular formula is C37H34N8. The van der Waals surface area contributed by atoms with Crippen LogP contribution in [-0.2, 0) is 19.5 Å². The third-order valence-electron chi connectivity index (χ3n) is 7.95. The van der Waals surface area contributed by atoms with Crippen molar-refractivity contribution in [2.75, 3.05) is 10.6 Å². The van der Waals surface area contributed by atoms with Gasteiger partial charge in [-0.2, -0.15) is 0 Å². The molecule has 45 heavy (non-hydrogen) atoms. The number of para-hydroxylation sites is 2. The summed E-state index contributed by atoms with van der Waals surface area (Å²) in [5.41, 5.74) is 11.0. The molecule has 222 valence electrons. The Balaban J connectivity index is 0.000000145. The molecule has 0 unspecified atom stereocenters. The standard InChI is InChI=1S/C19H18N4.C18H16N4/c1-2-13-4-6-16-18(9-13)23-19(12-21-16)22-11-14-3-5-15-7-8-20-17(15)10-14;1-12-8-13(9-14-6-7-19-18(12)14)10-21-17-11-20-15-4-2-3-5-16(15)22-17/h3-10,12,20H,2,11H2,1H3,(H,22,23);2-9,11,19H,10H2,1H3,(H,21,22). The number of benzene rings is 4. The summed E-state index contributed by atoms with van der Waals surface area (Å²) in [4.78, 5) is 24.7. The highest BCUT2D eigenvalue weighted by atomic mass is 15.0. The van der Waals surface area contributed by atoms with Crippen molar-refractivity contribution < 1.29 is 0 Å². The van der Waals surface area contributed by atoms with Crippen LogP contribution in [0.1, 0.15) is 29.2 Å². The quantitative estimate of drug-likeness (QED) is 0.149. The number of aromatic nitrogens is 6. The Kier molecular flexibility index (Phi) is 7.76. The fraction of sp³-hybridized carbons (Fsp3) is 0.135. The predicted octanol–water partition coefficient (Wildman–Crippen LogP) is 8.32. The number of hydrogen-bond donors (Lipinski definition) is 4. The van der Waals surface area contributed by atoms with Crippen molar-refractivity contribution in [1.29, 1.82) is 0 Å². The number of aryl methyl sites for hydroxylation is 2. The van der Waals surface area contributed by atoms with E-state index in [-0.39, 0.29) is 0 Å². The van der Waals surface area contributed by atoms with Crippen LogP contribution in [-0.4, -0.2) is 29.9 Å². The lowest BCUT2D eigenvalue weighted by atomic mass is 10.1. The van der Waals surface area contributed by atoms with Gasteiger partial charge in [0.2, 0.25) is 0 Å². The highest BCUT2D eigenvalue weighted by Crippen LogP contribution is 2.21. The van der Waals surface area contributed by atoms with Gasteiger partial charge in [0.25, 0.3) is 0 Å². The fourth-order valence-corrected chi connectivity index (χ4v) is 5.53. The fourth-order valence-electron chi connectivity index (χ4n) is 5.53. The van der Waals surface area contributed by atoms with Gasteiger partial charge >= 0.3 is 0 Å². The summed E-state index contributed by atoms with van der Waals surface area (Å²) >= 11 is 0. The lowest BCUT2D eigenvalue weighted by Gasteiger charge is -2.08. The molecule has 0 amide bonds. The van der Waals surface area contributed by atoms with Gasteiger partial charge in [0, 0.05) is 36.5 Å². The van der Waals surface area contributed by atoms with Crippen LogP contribution in [0.3, 0.4) is 0 Å². The zero-order chi connectivity index (χ0) is 30.6. The number of nitrogens with one attached hydrogen (secondary N) is 4. The number of anilines is 2. The number of fused-ring (bicyclic) bond motifs is 4. The first-order chi connectivity index (χ1) is 22.1. The van der Waals surface area contributed by atoms with Crippen LogP contribution in [0.15, 0.2) is 110 Å². The van der Waals surface area contributed by atoms with Crippen LogP contribution in [0.5, 0.6) is 0 Å². The molecule has 0 aliphatic heterocycles. The summed E-state index contributed by atoms with van der Waals surface area (Å²) in [5, 5.41) is 9.18. The molecular weight excluding hydrogens is 556 g/mol. The number of rotatable bonds is 7. The minimum atomic E-state index is 0.725. The second kappa shape index (κ2) is 12.5. The molecule has 4 aromatic heterocycles. The average Bonchev–Trinajstić information content (AvgIpc) is 3.76. The van der Waals surface area contributed by atoms with E-state index >= 15 is 0 Å². The van der Waals surface area contributed by atoms with Crippen LogP contribution in [0, 0.1) is 6.92 Å². The van der Waals surface area contributed by atoms with E-state index in [1.54, 1.807) is 12.4 Å². The largest absolute Gasteiger partial charge is 0.365 e. The van der Waals surface area contributed by atoms with Crippen molar-refractivity contribution in [3.63, 3.8) is 0 Å². The molecule has 0 bridgehead atoms. The molecule has 8 rings (SSSR count). The zero-order valence-corrected chi connectivity index (χ0v) is 25.3. The molecule has 8 heteroatoms. The van der Waals surface area contributed by atoms with E-state index in [4.69, 9.17) is 0 Å². The zero-order valence-electron chi connectivity index (χ0n) is 25.3. The number of nitrogens with zero attached hydrogens (tertiary/aromatic N) is 4. The second-order valence-corrected chi connectivity index (χ2v) is 11.1. The van der Waals surface area contributed by atoms with Crippen LogP contribution in [0.2, 0.25) is 0 Å². The lowest BCUT2D eigenvalue weighted by Crippen LogP contribution is -2.02. The van der Waals surface area contributed by atoms with E-state index in [1.807, 2.05) is 42.7 Å². The highest BCUT2D eigenvalue weighted by molar-refractivity contribution is 5.83. The molecule has 4 heterocycles. The van der Waals surface area contributed by atoms with E-state index in [1.165, 1.54) is 38.5 Å². The van der Waals surface area contributed by atoms with Gasteiger partial charge in [-0.25, -0.2) is 9.97 Å². The minimum Gasteiger partial charge on any atom is -0.365 e. The van der Waals surface area contributed by atoms with Gasteiger partial charge in [0.1, 0.15) is 11.6 Å². The molecule has 0 saturated heterocycles. The normalized spacial score (nSPS) is 11.2. The summed E-state index contributed by atoms with van der Waals surface area (Å²) in [7, 11) is 0. The predicted molar refractivity (Wildman–Crippen MR) is 184 cm³/mol. The Hall–Kier alpha value is -5.76. The van der Waals surface area contributed by atoms with Gasteiger partial charge < -0.3 is 20.6 Å². The Bertz CT molecular complexity index is 2250. The molecule has 0 aliphatic carbocycles. The smallest absolute Gasteiger partial charge is 0.145 e. The molecule has 4 N–H and O–H groups in total. The average molecular weight is 591 g/mol. The van der Waals surface area contributed by atoms with Crippen molar-refractivity contribution >= 4 is 55.5 Å². The number of aromatic amines is 2. The van der Waals surface area contributed by atoms with E-state index in [9.17, 15) is 0 Å². The van der Waals surface area contributed by atoms with Crippen molar-refractivity contribution in [3.8, 4) is 0 Å². The second-order valence-electron chi connectivity index (χ2n) is 11.1. The molecule has 0 aliphatic rings. The summed E-state index contributed by atoms with van der Waals surface area (Å²) in [6.45, 7) is 5.73. The van der Waals surface area contributed by atoms with E-state index < -0.39 is 0 Å². The van der Waals surface area contributed by atoms with Crippen molar-refractivity contribution in [2.24, 2.45) is 0 Å². The van der Waals surface area contributed by atoms with Gasteiger partial charge in [-0.15, -0.1) is 0 Å². The van der Waals surface area contributed by atoms with Crippen molar-refractivity contribution in [3.05, 3.63) is 132 Å². The molecule has 0 fully saturated rings. The maximum atomic E-state index is 4.67. The molecule has 8 nitrogen and oxygen atoms in total. The van der Waals surface area contributed by atoms with Gasteiger partial charge in [0.15, 0.2) is 0 Å². The maximum absolute atomic E-state index is 4.67. The number of hydrogen-bond acceptors (Lipinski definition) is 6. The molecule has 4 aromatic carbocycles. The van der Waals surface area contributed by atoms with Gasteiger partial charge in [-0.3, -0.25) is 9.97 Å². The Morgan fingerprint density at radius 1 is 0.600 bits per heavy atom. The maximum Gasteiger partial charge on any atom is 0.145 e. The summed E-state index contributed by atoms with van der Waals surface area (Å²) in [6.07, 6.45) is 8.52. The first kappa shape index (κ1) is 28.0. The monoisotopic (exact) mass is 590 g/mol. The van der Waals surface area contributed by atoms with Crippen molar-refractivity contribution in [2.45, 2.75) is 33.4 Å². The minimum absolute atomic E-state index is 0.725. The van der Waals surface area contributed by atoms with Gasteiger partial charge in [-0.05, 0) is 94.9 Å². The lowest BCUT2D eigenvalue weighted by molar-refractivity contribution is 1.10. The van der Waals surface area contributed by atoms with Gasteiger partial charge in [0.05, 0.1) is 34.5 Å². The Morgan fingerprint density at radius 2 is 1.29 bits per heavy atom. The summed E-state index contributed by atoms with van der Waals surface area (Å²) in [6, 6.07) is 29.1. The summed E-state index contributed by atoms with van der Waals surface area (Å²) < 4.78 is 0. The Morgan fingerprint density at radius 3 is 2.11 bits per heavy atom. The number of H-pyrrole nitrogens is 2. The van der Waals surface area contributed by atoms with Crippen LogP contribution >= 0.6 is 0 Å². The van der Waals surface area contributed by atoms with Crippen LogP contribution < -0.4 is 10.6 Å². The van der Waals surface area contributed by atoms with Crippen molar-refractivity contribution in [1.82, 2.24) is 29.9 Å². The van der Waals surface area contributed by atoms with E-state index in [0.29, 0.717) is 0 Å². The first-order valence-electron chi connectivity index (χ1n) is 15.2. The van der Waals surface area contributed by atoms with Crippen LogP contribution in [0.4, 0.5) is 11.6 Å². The Labute approximate surface area is 261 Å². The summed E-state index contributed by atoms with van der Waals surface area (Å²) in [5.74, 6) is 1.60. The third kappa shape index (κ3) is 6.31. The van der Waals surface area contributed by atoms with E-state index in [2.05, 4.69) is 109 Å². The van der Waals surface area contributed by atoms with Gasteiger partial charge in [-0.1, -0.05) is 43.3 Å². The molecule has 8 aromatic rings. The molecule has 0 spiro atoms. The highest BCUT2D eigenvalue weighted by Gasteiger charge is 2.05. The van der Waals surface area contributed by atoms with Crippen LogP contribution in [0.25, 0.3) is 43.9 Å². The first-order valence-corrected chi connectivity index (χ1v) is 15.2. The SMILES string of the molecule is CCc1ccc2ncc(NCc3ccc4cc[nH]c4c3)nc2c1.Cc1cc(CNc2cnc3ccccc3n2)cc2cc[nH]c12. The topological polar surface area (TPSA) is 107 Å². The van der Waals surface area contributed by atoms with E-state index in [0.717, 1.165) is 58.7 Å². The molecule has 0 saturated carbocycles. The third-order valence-corrected chi connectivity index (χ3v) is 7.95. The molecule has 0 atom stereocenters.